The number of rotatable bonds is 8. The van der Waals surface area contributed by atoms with E-state index in [9.17, 15) is 9.59 Å². The Morgan fingerprint density at radius 3 is 2.73 bits per heavy atom. The number of hydrogen-bond donors (Lipinski definition) is 4. The number of primary amides is 1. The first kappa shape index (κ1) is 20.7. The summed E-state index contributed by atoms with van der Waals surface area (Å²) < 4.78 is 10.9. The zero-order valence-corrected chi connectivity index (χ0v) is 16.6. The van der Waals surface area contributed by atoms with Crippen LogP contribution in [0.3, 0.4) is 0 Å². The van der Waals surface area contributed by atoms with Crippen molar-refractivity contribution in [1.29, 1.82) is 0 Å². The number of anilines is 1. The van der Waals surface area contributed by atoms with Gasteiger partial charge >= 0.3 is 6.03 Å². The smallest absolute Gasteiger partial charge is 0.319 e. The SMILES string of the molecule is COc1cccc(CNC(=O)Nc2ccc(-c3cn[nH]c3)cc2OC(C)C(N)=O)c1. The van der Waals surface area contributed by atoms with Gasteiger partial charge in [0.15, 0.2) is 6.10 Å². The fraction of sp³-hybridized carbons (Fsp3) is 0.190. The Labute approximate surface area is 173 Å². The highest BCUT2D eigenvalue weighted by molar-refractivity contribution is 5.91. The Kier molecular flexibility index (Phi) is 6.53. The van der Waals surface area contributed by atoms with E-state index < -0.39 is 18.0 Å². The quantitative estimate of drug-likeness (QED) is 0.454. The molecule has 9 nitrogen and oxygen atoms in total. The molecule has 0 fully saturated rings. The summed E-state index contributed by atoms with van der Waals surface area (Å²) >= 11 is 0. The van der Waals surface area contributed by atoms with E-state index in [0.717, 1.165) is 16.7 Å². The minimum absolute atomic E-state index is 0.310. The second-order valence-electron chi connectivity index (χ2n) is 6.52. The number of nitrogens with zero attached hydrogens (tertiary/aromatic N) is 1. The van der Waals surface area contributed by atoms with E-state index in [1.54, 1.807) is 38.6 Å². The molecule has 5 N–H and O–H groups in total. The number of carbonyl (C=O) groups is 2. The van der Waals surface area contributed by atoms with Crippen molar-refractivity contribution >= 4 is 17.6 Å². The minimum atomic E-state index is -0.870. The molecule has 0 bridgehead atoms. The van der Waals surface area contributed by atoms with Gasteiger partial charge in [-0.1, -0.05) is 18.2 Å². The summed E-state index contributed by atoms with van der Waals surface area (Å²) in [6.07, 6.45) is 2.51. The summed E-state index contributed by atoms with van der Waals surface area (Å²) in [6.45, 7) is 1.85. The third-order valence-corrected chi connectivity index (χ3v) is 4.35. The zero-order valence-electron chi connectivity index (χ0n) is 16.6. The topological polar surface area (TPSA) is 131 Å². The molecule has 3 amide bonds. The number of carbonyl (C=O) groups excluding carboxylic acids is 2. The van der Waals surface area contributed by atoms with Crippen molar-refractivity contribution in [2.75, 3.05) is 12.4 Å². The van der Waals surface area contributed by atoms with Gasteiger partial charge in [-0.25, -0.2) is 4.79 Å². The predicted molar refractivity (Wildman–Crippen MR) is 112 cm³/mol. The Bertz CT molecular complexity index is 1020. The van der Waals surface area contributed by atoms with Crippen molar-refractivity contribution in [3.8, 4) is 22.6 Å². The third kappa shape index (κ3) is 5.28. The van der Waals surface area contributed by atoms with E-state index in [2.05, 4.69) is 20.8 Å². The lowest BCUT2D eigenvalue weighted by Gasteiger charge is -2.17. The van der Waals surface area contributed by atoms with Gasteiger partial charge in [-0.05, 0) is 42.3 Å². The Balaban J connectivity index is 1.74. The van der Waals surface area contributed by atoms with Gasteiger partial charge in [0.25, 0.3) is 5.91 Å². The summed E-state index contributed by atoms with van der Waals surface area (Å²) in [5, 5.41) is 12.2. The fourth-order valence-electron chi connectivity index (χ4n) is 2.69. The van der Waals surface area contributed by atoms with Crippen molar-refractivity contribution in [3.63, 3.8) is 0 Å². The van der Waals surface area contributed by atoms with Gasteiger partial charge in [-0.3, -0.25) is 9.89 Å². The monoisotopic (exact) mass is 409 g/mol. The van der Waals surface area contributed by atoms with Gasteiger partial charge in [0.05, 0.1) is 19.0 Å². The molecule has 1 aromatic heterocycles. The summed E-state index contributed by atoms with van der Waals surface area (Å²) in [5.74, 6) is 0.411. The maximum absolute atomic E-state index is 12.4. The summed E-state index contributed by atoms with van der Waals surface area (Å²) in [4.78, 5) is 23.8. The summed E-state index contributed by atoms with van der Waals surface area (Å²) in [6, 6.07) is 12.2. The molecule has 30 heavy (non-hydrogen) atoms. The van der Waals surface area contributed by atoms with Crippen LogP contribution in [0.4, 0.5) is 10.5 Å². The van der Waals surface area contributed by atoms with E-state index in [-0.39, 0.29) is 0 Å². The van der Waals surface area contributed by atoms with Crippen LogP contribution in [0.1, 0.15) is 12.5 Å². The van der Waals surface area contributed by atoms with Crippen LogP contribution in [0, 0.1) is 0 Å². The first-order chi connectivity index (χ1) is 14.5. The molecular weight excluding hydrogens is 386 g/mol. The number of aromatic amines is 1. The van der Waals surface area contributed by atoms with Crippen LogP contribution < -0.4 is 25.8 Å². The van der Waals surface area contributed by atoms with Gasteiger partial charge in [-0.15, -0.1) is 0 Å². The van der Waals surface area contributed by atoms with Crippen molar-refractivity contribution < 1.29 is 19.1 Å². The molecule has 3 aromatic rings. The molecule has 0 spiro atoms. The molecule has 1 atom stereocenters. The van der Waals surface area contributed by atoms with E-state index in [1.165, 1.54) is 0 Å². The van der Waals surface area contributed by atoms with Crippen molar-refractivity contribution in [2.45, 2.75) is 19.6 Å². The van der Waals surface area contributed by atoms with E-state index in [1.807, 2.05) is 30.3 Å². The minimum Gasteiger partial charge on any atom is -0.497 e. The standard InChI is InChI=1S/C21H23N5O4/c1-13(20(22)27)30-19-9-15(16-11-24-25-12-16)6-7-18(19)26-21(28)23-10-14-4-3-5-17(8-14)29-2/h3-9,11-13H,10H2,1-2H3,(H2,22,27)(H,24,25)(H2,23,26,28). The Hall–Kier alpha value is -4.01. The molecule has 1 heterocycles. The third-order valence-electron chi connectivity index (χ3n) is 4.35. The van der Waals surface area contributed by atoms with E-state index in [4.69, 9.17) is 15.2 Å². The number of benzene rings is 2. The highest BCUT2D eigenvalue weighted by atomic mass is 16.5. The lowest BCUT2D eigenvalue weighted by molar-refractivity contribution is -0.123. The lowest BCUT2D eigenvalue weighted by atomic mass is 10.1. The number of methoxy groups -OCH3 is 1. The predicted octanol–water partition coefficient (Wildman–Crippen LogP) is 2.66. The second kappa shape index (κ2) is 9.46. The van der Waals surface area contributed by atoms with Crippen LogP contribution in [0.5, 0.6) is 11.5 Å². The van der Waals surface area contributed by atoms with Crippen LogP contribution in [0.15, 0.2) is 54.9 Å². The van der Waals surface area contributed by atoms with Gasteiger partial charge < -0.3 is 25.8 Å². The lowest BCUT2D eigenvalue weighted by Crippen LogP contribution is -2.32. The van der Waals surface area contributed by atoms with Crippen LogP contribution in [0.25, 0.3) is 11.1 Å². The molecule has 3 rings (SSSR count). The second-order valence-corrected chi connectivity index (χ2v) is 6.52. The first-order valence-electron chi connectivity index (χ1n) is 9.23. The summed E-state index contributed by atoms with van der Waals surface area (Å²) in [5.41, 5.74) is 8.24. The number of aromatic nitrogens is 2. The molecule has 0 saturated heterocycles. The van der Waals surface area contributed by atoms with Gasteiger partial charge in [0.2, 0.25) is 0 Å². The van der Waals surface area contributed by atoms with Crippen molar-refractivity contribution in [1.82, 2.24) is 15.5 Å². The average molecular weight is 409 g/mol. The normalized spacial score (nSPS) is 11.4. The molecule has 0 aliphatic heterocycles. The maximum atomic E-state index is 12.4. The van der Waals surface area contributed by atoms with Gasteiger partial charge in [-0.2, -0.15) is 5.10 Å². The molecule has 0 aliphatic rings. The molecule has 0 aliphatic carbocycles. The van der Waals surface area contributed by atoms with Crippen LogP contribution in [0.2, 0.25) is 0 Å². The Morgan fingerprint density at radius 2 is 2.03 bits per heavy atom. The van der Waals surface area contributed by atoms with E-state index >= 15 is 0 Å². The van der Waals surface area contributed by atoms with Gasteiger partial charge in [0, 0.05) is 18.3 Å². The number of urea groups is 1. The molecule has 0 saturated carbocycles. The number of H-pyrrole nitrogens is 1. The molecule has 2 aromatic carbocycles. The van der Waals surface area contributed by atoms with Crippen LogP contribution in [-0.2, 0) is 11.3 Å². The molecular formula is C21H23N5O4. The number of amides is 3. The van der Waals surface area contributed by atoms with Crippen molar-refractivity contribution in [2.24, 2.45) is 5.73 Å². The largest absolute Gasteiger partial charge is 0.497 e. The maximum Gasteiger partial charge on any atom is 0.319 e. The number of hydrogen-bond acceptors (Lipinski definition) is 5. The fourth-order valence-corrected chi connectivity index (χ4v) is 2.69. The first-order valence-corrected chi connectivity index (χ1v) is 9.23. The highest BCUT2D eigenvalue weighted by Gasteiger charge is 2.16. The van der Waals surface area contributed by atoms with E-state index in [0.29, 0.717) is 23.7 Å². The van der Waals surface area contributed by atoms with Crippen LogP contribution in [-0.4, -0.2) is 35.3 Å². The highest BCUT2D eigenvalue weighted by Crippen LogP contribution is 2.31. The zero-order chi connectivity index (χ0) is 21.5. The number of ether oxygens (including phenoxy) is 2. The number of nitrogens with one attached hydrogen (secondary N) is 3. The molecule has 1 unspecified atom stereocenters. The number of nitrogens with two attached hydrogens (primary N) is 1. The average Bonchev–Trinajstić information content (AvgIpc) is 3.28. The Morgan fingerprint density at radius 1 is 1.20 bits per heavy atom. The summed E-state index contributed by atoms with van der Waals surface area (Å²) in [7, 11) is 1.58. The molecule has 156 valence electrons. The van der Waals surface area contributed by atoms with Gasteiger partial charge in [0.1, 0.15) is 11.5 Å². The molecule has 9 heteroatoms. The van der Waals surface area contributed by atoms with Crippen molar-refractivity contribution in [3.05, 3.63) is 60.4 Å². The van der Waals surface area contributed by atoms with Crippen LogP contribution >= 0.6 is 0 Å². The molecule has 0 radical (unpaired) electrons.